The van der Waals surface area contributed by atoms with Crippen molar-refractivity contribution in [2.75, 3.05) is 7.11 Å². The summed E-state index contributed by atoms with van der Waals surface area (Å²) in [6.45, 7) is 6.57. The Bertz CT molecular complexity index is 575. The molecule has 0 bridgehead atoms. The van der Waals surface area contributed by atoms with Crippen molar-refractivity contribution < 1.29 is 9.26 Å². The molecule has 0 radical (unpaired) electrons. The minimum Gasteiger partial charge on any atom is -0.373 e. The Kier molecular flexibility index (Phi) is 4.15. The Morgan fingerprint density at radius 3 is 2.75 bits per heavy atom. The van der Waals surface area contributed by atoms with Crippen molar-refractivity contribution in [1.29, 1.82) is 0 Å². The van der Waals surface area contributed by atoms with Gasteiger partial charge in [-0.05, 0) is 17.5 Å². The van der Waals surface area contributed by atoms with Gasteiger partial charge >= 0.3 is 0 Å². The highest BCUT2D eigenvalue weighted by Crippen LogP contribution is 2.34. The SMILES string of the molecule is COC(c1noc(-c2ccnc(CN)c2)n1)C(C)(C)C. The molecule has 2 aromatic rings. The van der Waals surface area contributed by atoms with Gasteiger partial charge in [0.1, 0.15) is 6.10 Å². The van der Waals surface area contributed by atoms with E-state index in [2.05, 4.69) is 35.9 Å². The minimum atomic E-state index is -0.226. The van der Waals surface area contributed by atoms with Crippen LogP contribution in [0, 0.1) is 5.41 Å². The predicted octanol–water partition coefficient (Wildman–Crippen LogP) is 2.32. The van der Waals surface area contributed by atoms with Crippen LogP contribution >= 0.6 is 0 Å². The Morgan fingerprint density at radius 2 is 2.15 bits per heavy atom. The first-order chi connectivity index (χ1) is 9.45. The molecule has 6 nitrogen and oxygen atoms in total. The van der Waals surface area contributed by atoms with Crippen molar-refractivity contribution in [1.82, 2.24) is 15.1 Å². The Hall–Kier alpha value is -1.79. The van der Waals surface area contributed by atoms with E-state index in [9.17, 15) is 0 Å². The smallest absolute Gasteiger partial charge is 0.258 e. The fraction of sp³-hybridized carbons (Fsp3) is 0.500. The first-order valence-corrected chi connectivity index (χ1v) is 6.47. The van der Waals surface area contributed by atoms with Gasteiger partial charge in [-0.15, -0.1) is 0 Å². The van der Waals surface area contributed by atoms with Crippen LogP contribution in [0.3, 0.4) is 0 Å². The van der Waals surface area contributed by atoms with E-state index in [1.165, 1.54) is 0 Å². The Morgan fingerprint density at radius 1 is 1.40 bits per heavy atom. The van der Waals surface area contributed by atoms with Crippen molar-refractivity contribution in [3.63, 3.8) is 0 Å². The summed E-state index contributed by atoms with van der Waals surface area (Å²) in [5, 5.41) is 4.02. The number of hydrogen-bond acceptors (Lipinski definition) is 6. The fourth-order valence-electron chi connectivity index (χ4n) is 2.03. The summed E-state index contributed by atoms with van der Waals surface area (Å²) in [6.07, 6.45) is 1.45. The lowest BCUT2D eigenvalue weighted by molar-refractivity contribution is 0.00718. The van der Waals surface area contributed by atoms with Crippen LogP contribution in [0.15, 0.2) is 22.9 Å². The minimum absolute atomic E-state index is 0.115. The number of nitrogens with zero attached hydrogens (tertiary/aromatic N) is 3. The highest BCUT2D eigenvalue weighted by molar-refractivity contribution is 5.52. The standard InChI is InChI=1S/C14H20N4O2/c1-14(2,3)11(19-4)12-17-13(20-18-12)9-5-6-16-10(7-9)8-15/h5-7,11H,8,15H2,1-4H3. The first-order valence-electron chi connectivity index (χ1n) is 6.47. The van der Waals surface area contributed by atoms with Gasteiger partial charge < -0.3 is 15.0 Å². The van der Waals surface area contributed by atoms with Crippen LogP contribution in [-0.4, -0.2) is 22.2 Å². The molecular formula is C14H20N4O2. The van der Waals surface area contributed by atoms with Crippen molar-refractivity contribution in [3.8, 4) is 11.5 Å². The van der Waals surface area contributed by atoms with Gasteiger partial charge in [0.05, 0.1) is 5.69 Å². The van der Waals surface area contributed by atoms with Gasteiger partial charge in [-0.2, -0.15) is 4.98 Å². The highest BCUT2D eigenvalue weighted by atomic mass is 16.5. The van der Waals surface area contributed by atoms with E-state index in [4.69, 9.17) is 15.0 Å². The van der Waals surface area contributed by atoms with Crippen LogP contribution < -0.4 is 5.73 Å². The molecule has 0 saturated carbocycles. The van der Waals surface area contributed by atoms with Gasteiger partial charge in [0.2, 0.25) is 5.82 Å². The molecule has 2 aromatic heterocycles. The number of methoxy groups -OCH3 is 1. The zero-order chi connectivity index (χ0) is 14.8. The maximum absolute atomic E-state index is 5.58. The van der Waals surface area contributed by atoms with Gasteiger partial charge in [-0.25, -0.2) is 0 Å². The maximum Gasteiger partial charge on any atom is 0.258 e. The normalized spacial score (nSPS) is 13.4. The van der Waals surface area contributed by atoms with Crippen molar-refractivity contribution in [2.45, 2.75) is 33.4 Å². The largest absolute Gasteiger partial charge is 0.373 e. The quantitative estimate of drug-likeness (QED) is 0.922. The maximum atomic E-state index is 5.58. The molecular weight excluding hydrogens is 256 g/mol. The molecule has 2 rings (SSSR count). The number of nitrogens with two attached hydrogens (primary N) is 1. The van der Waals surface area contributed by atoms with E-state index in [0.717, 1.165) is 11.3 Å². The van der Waals surface area contributed by atoms with E-state index in [1.54, 1.807) is 13.3 Å². The van der Waals surface area contributed by atoms with E-state index >= 15 is 0 Å². The molecule has 0 aliphatic heterocycles. The number of hydrogen-bond donors (Lipinski definition) is 1. The van der Waals surface area contributed by atoms with Gasteiger partial charge in [0.25, 0.3) is 5.89 Å². The van der Waals surface area contributed by atoms with Crippen LogP contribution in [0.2, 0.25) is 0 Å². The number of rotatable bonds is 4. The molecule has 0 aliphatic rings. The average molecular weight is 276 g/mol. The summed E-state index contributed by atoms with van der Waals surface area (Å²) < 4.78 is 10.8. The Labute approximate surface area is 118 Å². The Balaban J connectivity index is 2.32. The summed E-state index contributed by atoms with van der Waals surface area (Å²) in [4.78, 5) is 8.56. The second-order valence-electron chi connectivity index (χ2n) is 5.68. The fourth-order valence-corrected chi connectivity index (χ4v) is 2.03. The zero-order valence-electron chi connectivity index (χ0n) is 12.3. The molecule has 0 spiro atoms. The molecule has 0 aliphatic carbocycles. The lowest BCUT2D eigenvalue weighted by Gasteiger charge is -2.26. The molecule has 0 amide bonds. The average Bonchev–Trinajstić information content (AvgIpc) is 2.87. The molecule has 0 fully saturated rings. The predicted molar refractivity (Wildman–Crippen MR) is 74.6 cm³/mol. The summed E-state index contributed by atoms with van der Waals surface area (Å²) in [6, 6.07) is 3.66. The van der Waals surface area contributed by atoms with E-state index < -0.39 is 0 Å². The number of ether oxygens (including phenoxy) is 1. The summed E-state index contributed by atoms with van der Waals surface area (Å²) in [7, 11) is 1.64. The lowest BCUT2D eigenvalue weighted by atomic mass is 9.88. The van der Waals surface area contributed by atoms with Crippen LogP contribution in [0.5, 0.6) is 0 Å². The number of pyridine rings is 1. The van der Waals surface area contributed by atoms with Crippen LogP contribution in [0.25, 0.3) is 11.5 Å². The van der Waals surface area contributed by atoms with E-state index in [1.807, 2.05) is 12.1 Å². The second-order valence-corrected chi connectivity index (χ2v) is 5.68. The molecule has 0 saturated heterocycles. The van der Waals surface area contributed by atoms with Crippen LogP contribution in [0.1, 0.15) is 38.4 Å². The van der Waals surface area contributed by atoms with Gasteiger partial charge in [-0.1, -0.05) is 25.9 Å². The molecule has 2 N–H and O–H groups in total. The molecule has 6 heteroatoms. The van der Waals surface area contributed by atoms with Crippen molar-refractivity contribution in [3.05, 3.63) is 29.8 Å². The molecule has 1 atom stereocenters. The zero-order valence-corrected chi connectivity index (χ0v) is 12.3. The molecule has 2 heterocycles. The third kappa shape index (κ3) is 3.02. The second kappa shape index (κ2) is 5.68. The van der Waals surface area contributed by atoms with Gasteiger partial charge in [0.15, 0.2) is 0 Å². The topological polar surface area (TPSA) is 87.1 Å². The molecule has 20 heavy (non-hydrogen) atoms. The summed E-state index contributed by atoms with van der Waals surface area (Å²) in [5.74, 6) is 0.990. The van der Waals surface area contributed by atoms with Gasteiger partial charge in [-0.3, -0.25) is 4.98 Å². The first kappa shape index (κ1) is 14.6. The molecule has 108 valence electrons. The lowest BCUT2D eigenvalue weighted by Crippen LogP contribution is -2.21. The third-order valence-electron chi connectivity index (χ3n) is 2.97. The molecule has 0 aromatic carbocycles. The van der Waals surface area contributed by atoms with Gasteiger partial charge in [0, 0.05) is 25.4 Å². The monoisotopic (exact) mass is 276 g/mol. The highest BCUT2D eigenvalue weighted by Gasteiger charge is 2.30. The summed E-state index contributed by atoms with van der Waals surface area (Å²) >= 11 is 0. The van der Waals surface area contributed by atoms with E-state index in [0.29, 0.717) is 18.3 Å². The third-order valence-corrected chi connectivity index (χ3v) is 2.97. The van der Waals surface area contributed by atoms with Crippen LogP contribution in [-0.2, 0) is 11.3 Å². The van der Waals surface area contributed by atoms with Crippen LogP contribution in [0.4, 0.5) is 0 Å². The van der Waals surface area contributed by atoms with Crippen molar-refractivity contribution >= 4 is 0 Å². The molecule has 1 unspecified atom stereocenters. The summed E-state index contributed by atoms with van der Waals surface area (Å²) in [5.41, 5.74) is 7.05. The van der Waals surface area contributed by atoms with Crippen molar-refractivity contribution in [2.24, 2.45) is 11.1 Å². The number of aromatic nitrogens is 3. The van der Waals surface area contributed by atoms with E-state index in [-0.39, 0.29) is 11.5 Å².